The molecule has 5 unspecified atom stereocenters. The van der Waals surface area contributed by atoms with Crippen LogP contribution in [0.3, 0.4) is 0 Å². The second kappa shape index (κ2) is 8.38. The van der Waals surface area contributed by atoms with Crippen molar-refractivity contribution in [2.24, 2.45) is 17.8 Å². The Kier molecular flexibility index (Phi) is 5.85. The van der Waals surface area contributed by atoms with Crippen LogP contribution in [0.5, 0.6) is 0 Å². The van der Waals surface area contributed by atoms with Gasteiger partial charge < -0.3 is 10.6 Å². The molecule has 2 saturated heterocycles. The molecular formula is C21H30FN5O2. The lowest BCUT2D eigenvalue weighted by Crippen LogP contribution is -2.65. The van der Waals surface area contributed by atoms with Gasteiger partial charge in [-0.05, 0) is 37.7 Å². The molecule has 29 heavy (non-hydrogen) atoms. The maximum Gasteiger partial charge on any atom is 0.226 e. The van der Waals surface area contributed by atoms with Crippen LogP contribution in [-0.4, -0.2) is 35.6 Å². The molecule has 0 bridgehead atoms. The highest BCUT2D eigenvalue weighted by Gasteiger charge is 2.51. The first-order valence-corrected chi connectivity index (χ1v) is 10.6. The Morgan fingerprint density at radius 3 is 2.86 bits per heavy atom. The predicted octanol–water partition coefficient (Wildman–Crippen LogP) is 1.59. The van der Waals surface area contributed by atoms with Crippen LogP contribution in [0.25, 0.3) is 0 Å². The summed E-state index contributed by atoms with van der Waals surface area (Å²) in [7, 11) is 0. The van der Waals surface area contributed by atoms with Crippen LogP contribution in [0, 0.1) is 23.6 Å². The van der Waals surface area contributed by atoms with E-state index >= 15 is 0 Å². The quantitative estimate of drug-likeness (QED) is 0.600. The molecule has 3 aliphatic rings. The summed E-state index contributed by atoms with van der Waals surface area (Å²) in [6.07, 6.45) is 2.56. The lowest BCUT2D eigenvalue weighted by Gasteiger charge is -2.46. The van der Waals surface area contributed by atoms with Crippen LogP contribution in [0.15, 0.2) is 24.3 Å². The first kappa shape index (κ1) is 20.3. The van der Waals surface area contributed by atoms with E-state index in [0.717, 1.165) is 6.42 Å². The standard InChI is InChI=1S/C21H30FN5O2/c1-12(2)9-10-23-20(28)13-7-8-15-17(11-13)27-19(24-21(15)29)18(25-26-27)14-5-3-4-6-16(14)22/h3-6,12-13,15,17-19,25-26H,7-11H2,1-2H3,(H,23,28)(H,24,29). The molecule has 8 heteroatoms. The van der Waals surface area contributed by atoms with Gasteiger partial charge in [-0.25, -0.2) is 14.8 Å². The van der Waals surface area contributed by atoms with Gasteiger partial charge in [0.25, 0.3) is 0 Å². The fourth-order valence-electron chi connectivity index (χ4n) is 4.75. The summed E-state index contributed by atoms with van der Waals surface area (Å²) in [5.41, 5.74) is 6.77. The summed E-state index contributed by atoms with van der Waals surface area (Å²) in [6, 6.07) is 6.08. The van der Waals surface area contributed by atoms with Gasteiger partial charge in [0.1, 0.15) is 12.0 Å². The molecule has 2 amide bonds. The second-order valence-corrected chi connectivity index (χ2v) is 8.77. The van der Waals surface area contributed by atoms with E-state index in [0.29, 0.717) is 37.3 Å². The first-order valence-electron chi connectivity index (χ1n) is 10.6. The lowest BCUT2D eigenvalue weighted by molar-refractivity contribution is -0.143. The number of carbonyl (C=O) groups is 2. The van der Waals surface area contributed by atoms with Gasteiger partial charge in [0.05, 0.1) is 12.0 Å². The van der Waals surface area contributed by atoms with Crippen molar-refractivity contribution in [2.45, 2.75) is 57.8 Å². The van der Waals surface area contributed by atoms with Crippen molar-refractivity contribution in [2.75, 3.05) is 6.54 Å². The van der Waals surface area contributed by atoms with E-state index in [1.54, 1.807) is 18.2 Å². The molecule has 0 spiro atoms. The van der Waals surface area contributed by atoms with E-state index in [2.05, 4.69) is 35.4 Å². The van der Waals surface area contributed by atoms with E-state index < -0.39 is 12.2 Å². The SMILES string of the molecule is CC(C)CCNC(=O)C1CCC2C(=O)NC3C(c4ccccc4F)NNN3C2C1. The number of halogens is 1. The van der Waals surface area contributed by atoms with Crippen molar-refractivity contribution in [3.8, 4) is 0 Å². The molecule has 158 valence electrons. The molecule has 0 aromatic heterocycles. The monoisotopic (exact) mass is 403 g/mol. The summed E-state index contributed by atoms with van der Waals surface area (Å²) in [5.74, 6) is 0.0233. The Hall–Kier alpha value is -2.03. The van der Waals surface area contributed by atoms with Gasteiger partial charge in [-0.15, -0.1) is 0 Å². The van der Waals surface area contributed by atoms with Gasteiger partial charge in [-0.3, -0.25) is 9.59 Å². The smallest absolute Gasteiger partial charge is 0.226 e. The number of amides is 2. The highest BCUT2D eigenvalue weighted by molar-refractivity contribution is 5.82. The number of nitrogens with zero attached hydrogens (tertiary/aromatic N) is 1. The fraction of sp³-hybridized carbons (Fsp3) is 0.619. The molecule has 1 saturated carbocycles. The van der Waals surface area contributed by atoms with Crippen molar-refractivity contribution in [1.82, 2.24) is 26.6 Å². The molecule has 3 fully saturated rings. The van der Waals surface area contributed by atoms with Gasteiger partial charge in [-0.2, -0.15) is 5.53 Å². The molecule has 1 aromatic rings. The molecule has 1 aromatic carbocycles. The minimum Gasteiger partial charge on any atom is -0.356 e. The van der Waals surface area contributed by atoms with Gasteiger partial charge in [-0.1, -0.05) is 32.0 Å². The maximum absolute atomic E-state index is 14.3. The summed E-state index contributed by atoms with van der Waals surface area (Å²) in [5, 5.41) is 8.06. The molecule has 4 N–H and O–H groups in total. The maximum atomic E-state index is 14.3. The summed E-state index contributed by atoms with van der Waals surface area (Å²) in [6.45, 7) is 4.95. The van der Waals surface area contributed by atoms with E-state index in [9.17, 15) is 14.0 Å². The third-order valence-corrected chi connectivity index (χ3v) is 6.40. The van der Waals surface area contributed by atoms with Crippen LogP contribution >= 0.6 is 0 Å². The molecule has 1 aliphatic carbocycles. The van der Waals surface area contributed by atoms with Crippen molar-refractivity contribution < 1.29 is 14.0 Å². The highest BCUT2D eigenvalue weighted by atomic mass is 19.1. The van der Waals surface area contributed by atoms with Gasteiger partial charge in [0.15, 0.2) is 0 Å². The minimum absolute atomic E-state index is 0.0123. The van der Waals surface area contributed by atoms with Crippen molar-refractivity contribution in [1.29, 1.82) is 0 Å². The van der Waals surface area contributed by atoms with Gasteiger partial charge >= 0.3 is 0 Å². The second-order valence-electron chi connectivity index (χ2n) is 8.77. The minimum atomic E-state index is -0.402. The fourth-order valence-corrected chi connectivity index (χ4v) is 4.75. The zero-order chi connectivity index (χ0) is 20.5. The average Bonchev–Trinajstić information content (AvgIpc) is 3.11. The topological polar surface area (TPSA) is 85.5 Å². The molecule has 5 atom stereocenters. The van der Waals surface area contributed by atoms with E-state index in [1.165, 1.54) is 6.07 Å². The third kappa shape index (κ3) is 4.01. The van der Waals surface area contributed by atoms with E-state index in [-0.39, 0.29) is 35.5 Å². The summed E-state index contributed by atoms with van der Waals surface area (Å²) < 4.78 is 14.3. The molecule has 4 rings (SSSR count). The number of hydrazine groups is 2. The van der Waals surface area contributed by atoms with Crippen molar-refractivity contribution in [3.05, 3.63) is 35.6 Å². The summed E-state index contributed by atoms with van der Waals surface area (Å²) in [4.78, 5) is 25.4. The number of nitrogens with one attached hydrogen (secondary N) is 4. The van der Waals surface area contributed by atoms with Crippen LogP contribution < -0.4 is 21.6 Å². The van der Waals surface area contributed by atoms with E-state index in [1.807, 2.05) is 5.01 Å². The van der Waals surface area contributed by atoms with Crippen LogP contribution in [0.1, 0.15) is 51.1 Å². The zero-order valence-electron chi connectivity index (χ0n) is 17.0. The number of benzene rings is 1. The predicted molar refractivity (Wildman–Crippen MR) is 106 cm³/mol. The Labute approximate surface area is 170 Å². The average molecular weight is 404 g/mol. The summed E-state index contributed by atoms with van der Waals surface area (Å²) >= 11 is 0. The Morgan fingerprint density at radius 1 is 1.31 bits per heavy atom. The number of hydrogen-bond donors (Lipinski definition) is 4. The van der Waals surface area contributed by atoms with E-state index in [4.69, 9.17) is 0 Å². The molecule has 2 heterocycles. The number of rotatable bonds is 5. The molecular weight excluding hydrogens is 373 g/mol. The highest BCUT2D eigenvalue weighted by Crippen LogP contribution is 2.39. The Bertz CT molecular complexity index is 773. The molecule has 7 nitrogen and oxygen atoms in total. The largest absolute Gasteiger partial charge is 0.356 e. The third-order valence-electron chi connectivity index (χ3n) is 6.40. The van der Waals surface area contributed by atoms with Crippen molar-refractivity contribution in [3.63, 3.8) is 0 Å². The molecule has 2 aliphatic heterocycles. The number of hydrogen-bond acceptors (Lipinski definition) is 5. The molecule has 0 radical (unpaired) electrons. The van der Waals surface area contributed by atoms with Crippen LogP contribution in [0.2, 0.25) is 0 Å². The van der Waals surface area contributed by atoms with Crippen LogP contribution in [0.4, 0.5) is 4.39 Å². The van der Waals surface area contributed by atoms with Gasteiger partial charge in [0.2, 0.25) is 11.8 Å². The van der Waals surface area contributed by atoms with Gasteiger partial charge in [0, 0.05) is 24.1 Å². The Balaban J connectivity index is 1.46. The number of fused-ring (bicyclic) bond motifs is 3. The Morgan fingerprint density at radius 2 is 2.10 bits per heavy atom. The lowest BCUT2D eigenvalue weighted by atomic mass is 9.75. The van der Waals surface area contributed by atoms with Crippen molar-refractivity contribution >= 4 is 11.8 Å². The number of carbonyl (C=O) groups excluding carboxylic acids is 2. The zero-order valence-corrected chi connectivity index (χ0v) is 17.0. The normalized spacial score (nSPS) is 31.9. The van der Waals surface area contributed by atoms with Crippen LogP contribution in [-0.2, 0) is 9.59 Å². The first-order chi connectivity index (χ1) is 14.0.